The maximum Gasteiger partial charge on any atom is 0.329 e. The van der Waals surface area contributed by atoms with Crippen LogP contribution in [0, 0.1) is 0 Å². The Labute approximate surface area is 123 Å². The van der Waals surface area contributed by atoms with Crippen LogP contribution in [0.25, 0.3) is 6.08 Å². The summed E-state index contributed by atoms with van der Waals surface area (Å²) < 4.78 is 5.52. The van der Waals surface area contributed by atoms with Gasteiger partial charge in [-0.25, -0.2) is 4.79 Å². The Morgan fingerprint density at radius 3 is 2.76 bits per heavy atom. The van der Waals surface area contributed by atoms with Crippen molar-refractivity contribution in [1.29, 1.82) is 0 Å². The Morgan fingerprint density at radius 1 is 1.38 bits per heavy atom. The van der Waals surface area contributed by atoms with E-state index in [2.05, 4.69) is 5.32 Å². The second kappa shape index (κ2) is 5.99. The van der Waals surface area contributed by atoms with E-state index in [4.69, 9.17) is 4.74 Å². The molecule has 112 valence electrons. The SMILES string of the molecule is CCCC(C)(NC(=O)C1=Cc2ccccc2OC1)C(=O)O. The second-order valence-corrected chi connectivity index (χ2v) is 5.34. The van der Waals surface area contributed by atoms with Crippen LogP contribution < -0.4 is 10.1 Å². The van der Waals surface area contributed by atoms with Gasteiger partial charge in [0.15, 0.2) is 0 Å². The van der Waals surface area contributed by atoms with E-state index in [9.17, 15) is 14.7 Å². The van der Waals surface area contributed by atoms with Crippen molar-refractivity contribution in [3.63, 3.8) is 0 Å². The monoisotopic (exact) mass is 289 g/mol. The summed E-state index contributed by atoms with van der Waals surface area (Å²) in [4.78, 5) is 23.6. The van der Waals surface area contributed by atoms with E-state index in [1.54, 1.807) is 6.08 Å². The lowest BCUT2D eigenvalue weighted by Gasteiger charge is -2.27. The number of para-hydroxylation sites is 1. The molecule has 0 saturated carbocycles. The molecule has 5 heteroatoms. The van der Waals surface area contributed by atoms with E-state index in [1.807, 2.05) is 31.2 Å². The fourth-order valence-electron chi connectivity index (χ4n) is 2.30. The van der Waals surface area contributed by atoms with Gasteiger partial charge in [-0.1, -0.05) is 31.5 Å². The van der Waals surface area contributed by atoms with E-state index >= 15 is 0 Å². The van der Waals surface area contributed by atoms with Crippen molar-refractivity contribution < 1.29 is 19.4 Å². The highest BCUT2D eigenvalue weighted by Crippen LogP contribution is 2.26. The summed E-state index contributed by atoms with van der Waals surface area (Å²) in [7, 11) is 0. The summed E-state index contributed by atoms with van der Waals surface area (Å²) in [5.41, 5.74) is -0.0115. The van der Waals surface area contributed by atoms with Gasteiger partial charge in [0.05, 0.1) is 5.57 Å². The van der Waals surface area contributed by atoms with E-state index in [0.717, 1.165) is 11.3 Å². The van der Waals surface area contributed by atoms with Gasteiger partial charge in [0.25, 0.3) is 5.91 Å². The molecule has 1 aromatic rings. The molecule has 0 saturated heterocycles. The molecule has 5 nitrogen and oxygen atoms in total. The number of fused-ring (bicyclic) bond motifs is 1. The van der Waals surface area contributed by atoms with Crippen LogP contribution in [0.4, 0.5) is 0 Å². The Bertz CT molecular complexity index is 594. The molecule has 2 rings (SSSR count). The number of amides is 1. The van der Waals surface area contributed by atoms with E-state index in [0.29, 0.717) is 18.4 Å². The molecule has 0 aliphatic carbocycles. The van der Waals surface area contributed by atoms with Gasteiger partial charge in [-0.2, -0.15) is 0 Å². The van der Waals surface area contributed by atoms with Gasteiger partial charge in [-0.3, -0.25) is 4.79 Å². The summed E-state index contributed by atoms with van der Waals surface area (Å²) in [6, 6.07) is 7.40. The summed E-state index contributed by atoms with van der Waals surface area (Å²) in [6.07, 6.45) is 2.78. The predicted molar refractivity (Wildman–Crippen MR) is 79.0 cm³/mol. The van der Waals surface area contributed by atoms with E-state index < -0.39 is 17.4 Å². The van der Waals surface area contributed by atoms with Crippen LogP contribution in [0.2, 0.25) is 0 Å². The zero-order chi connectivity index (χ0) is 15.5. The van der Waals surface area contributed by atoms with Crippen molar-refractivity contribution in [2.75, 3.05) is 6.61 Å². The summed E-state index contributed by atoms with van der Waals surface area (Å²) in [5.74, 6) is -0.707. The van der Waals surface area contributed by atoms with Crippen molar-refractivity contribution >= 4 is 18.0 Å². The highest BCUT2D eigenvalue weighted by Gasteiger charge is 2.35. The van der Waals surface area contributed by atoms with Crippen LogP contribution in [0.3, 0.4) is 0 Å². The van der Waals surface area contributed by atoms with Crippen LogP contribution >= 0.6 is 0 Å². The molecule has 0 spiro atoms. The predicted octanol–water partition coefficient (Wildman–Crippen LogP) is 2.22. The van der Waals surface area contributed by atoms with Crippen LogP contribution in [-0.2, 0) is 9.59 Å². The van der Waals surface area contributed by atoms with Gasteiger partial charge in [0.2, 0.25) is 0 Å². The first-order chi connectivity index (χ1) is 9.96. The molecular formula is C16H19NO4. The molecule has 0 fully saturated rings. The summed E-state index contributed by atoms with van der Waals surface area (Å²) in [5, 5.41) is 11.9. The molecular weight excluding hydrogens is 270 g/mol. The number of nitrogens with one attached hydrogen (secondary N) is 1. The molecule has 2 N–H and O–H groups in total. The van der Waals surface area contributed by atoms with Crippen LogP contribution in [0.1, 0.15) is 32.3 Å². The third-order valence-electron chi connectivity index (χ3n) is 3.54. The number of rotatable bonds is 5. The van der Waals surface area contributed by atoms with Gasteiger partial charge in [0, 0.05) is 5.56 Å². The van der Waals surface area contributed by atoms with Gasteiger partial charge >= 0.3 is 5.97 Å². The molecule has 1 aliphatic heterocycles. The lowest BCUT2D eigenvalue weighted by atomic mass is 9.95. The molecule has 1 unspecified atom stereocenters. The van der Waals surface area contributed by atoms with Crippen molar-refractivity contribution in [3.05, 3.63) is 35.4 Å². The molecule has 21 heavy (non-hydrogen) atoms. The van der Waals surface area contributed by atoms with Gasteiger partial charge in [-0.15, -0.1) is 0 Å². The fraction of sp³-hybridized carbons (Fsp3) is 0.375. The highest BCUT2D eigenvalue weighted by atomic mass is 16.5. The van der Waals surface area contributed by atoms with Gasteiger partial charge in [0.1, 0.15) is 17.9 Å². The van der Waals surface area contributed by atoms with Crippen molar-refractivity contribution in [3.8, 4) is 5.75 Å². The normalized spacial score (nSPS) is 16.0. The summed E-state index contributed by atoms with van der Waals surface area (Å²) in [6.45, 7) is 3.55. The number of hydrogen-bond acceptors (Lipinski definition) is 3. The van der Waals surface area contributed by atoms with Crippen molar-refractivity contribution in [2.24, 2.45) is 0 Å². The van der Waals surface area contributed by atoms with E-state index in [1.165, 1.54) is 6.92 Å². The third-order valence-corrected chi connectivity index (χ3v) is 3.54. The first-order valence-corrected chi connectivity index (χ1v) is 6.94. The molecule has 1 amide bonds. The maximum atomic E-state index is 12.3. The average molecular weight is 289 g/mol. The molecule has 0 radical (unpaired) electrons. The minimum absolute atomic E-state index is 0.144. The molecule has 1 heterocycles. The first-order valence-electron chi connectivity index (χ1n) is 6.94. The van der Waals surface area contributed by atoms with Crippen LogP contribution in [0.15, 0.2) is 29.8 Å². The topological polar surface area (TPSA) is 75.6 Å². The largest absolute Gasteiger partial charge is 0.488 e. The minimum Gasteiger partial charge on any atom is -0.488 e. The second-order valence-electron chi connectivity index (χ2n) is 5.34. The molecule has 1 aromatic carbocycles. The smallest absolute Gasteiger partial charge is 0.329 e. The number of hydrogen-bond donors (Lipinski definition) is 2. The van der Waals surface area contributed by atoms with Crippen molar-refractivity contribution in [1.82, 2.24) is 5.32 Å². The molecule has 1 aliphatic rings. The molecule has 0 aromatic heterocycles. The van der Waals surface area contributed by atoms with Crippen molar-refractivity contribution in [2.45, 2.75) is 32.2 Å². The Balaban J connectivity index is 2.18. The quantitative estimate of drug-likeness (QED) is 0.871. The Morgan fingerprint density at radius 2 is 2.10 bits per heavy atom. The lowest BCUT2D eigenvalue weighted by Crippen LogP contribution is -2.52. The fourth-order valence-corrected chi connectivity index (χ4v) is 2.30. The van der Waals surface area contributed by atoms with Gasteiger partial charge in [-0.05, 0) is 25.5 Å². The number of ether oxygens (including phenoxy) is 1. The zero-order valence-corrected chi connectivity index (χ0v) is 12.2. The minimum atomic E-state index is -1.26. The number of carboxylic acids is 1. The Hall–Kier alpha value is -2.30. The molecule has 1 atom stereocenters. The standard InChI is InChI=1S/C16H19NO4/c1-3-8-16(2,15(19)20)17-14(18)12-9-11-6-4-5-7-13(11)21-10-12/h4-7,9H,3,8,10H2,1-2H3,(H,17,18)(H,19,20). The maximum absolute atomic E-state index is 12.3. The zero-order valence-electron chi connectivity index (χ0n) is 12.2. The van der Waals surface area contributed by atoms with Gasteiger partial charge < -0.3 is 15.2 Å². The van der Waals surface area contributed by atoms with Crippen LogP contribution in [0.5, 0.6) is 5.75 Å². The Kier molecular flexibility index (Phi) is 4.31. The number of benzene rings is 1. The number of carboxylic acid groups (broad SMARTS) is 1. The lowest BCUT2D eigenvalue weighted by molar-refractivity contribution is -0.146. The average Bonchev–Trinajstić information content (AvgIpc) is 2.46. The summed E-state index contributed by atoms with van der Waals surface area (Å²) >= 11 is 0. The number of carbonyl (C=O) groups is 2. The van der Waals surface area contributed by atoms with E-state index in [-0.39, 0.29) is 6.61 Å². The third kappa shape index (κ3) is 3.24. The first kappa shape index (κ1) is 15.1. The highest BCUT2D eigenvalue weighted by molar-refractivity contribution is 6.01. The molecule has 0 bridgehead atoms. The number of aliphatic carboxylic acids is 1. The van der Waals surface area contributed by atoms with Crippen LogP contribution in [-0.4, -0.2) is 29.1 Å². The number of carbonyl (C=O) groups excluding carboxylic acids is 1.